The van der Waals surface area contributed by atoms with Gasteiger partial charge >= 0.3 is 0 Å². The van der Waals surface area contributed by atoms with Gasteiger partial charge in [-0.15, -0.1) is 0 Å². The van der Waals surface area contributed by atoms with Gasteiger partial charge in [0.1, 0.15) is 6.10 Å². The van der Waals surface area contributed by atoms with Crippen LogP contribution in [0.25, 0.3) is 0 Å². The monoisotopic (exact) mass is 750 g/mol. The van der Waals surface area contributed by atoms with E-state index in [2.05, 4.69) is 19.2 Å². The molecule has 0 aromatic rings. The standard InChI is InChI=1S/C48H95NO4/c1-3-5-7-9-11-13-15-17-19-20-21-22-23-24-25-26-27-29-30-32-34-36-38-40-42-46(51)45(44-50)49-48(53)47(52)43-41-39-37-35-33-31-28-18-16-14-12-10-8-6-4-2/h40,42,45-47,50-52H,3-39,41,43-44H2,1-2H3,(H,49,53)/b42-40+. The van der Waals surface area contributed by atoms with Crippen molar-refractivity contribution in [1.82, 2.24) is 5.32 Å². The first kappa shape index (κ1) is 52.1. The fraction of sp³-hybridized carbons (Fsp3) is 0.938. The lowest BCUT2D eigenvalue weighted by atomic mass is 10.0. The highest BCUT2D eigenvalue weighted by atomic mass is 16.3. The summed E-state index contributed by atoms with van der Waals surface area (Å²) in [5.74, 6) is -0.499. The topological polar surface area (TPSA) is 89.8 Å². The van der Waals surface area contributed by atoms with E-state index in [0.717, 1.165) is 32.1 Å². The Morgan fingerprint density at radius 2 is 0.736 bits per heavy atom. The number of carbonyl (C=O) groups is 1. The van der Waals surface area contributed by atoms with E-state index in [1.807, 2.05) is 6.08 Å². The number of nitrogens with one attached hydrogen (secondary N) is 1. The second-order valence-corrected chi connectivity index (χ2v) is 16.7. The Bertz CT molecular complexity index is 743. The molecule has 3 atom stereocenters. The molecule has 0 aromatic heterocycles. The summed E-state index contributed by atoms with van der Waals surface area (Å²) in [6.45, 7) is 4.20. The van der Waals surface area contributed by atoms with Crippen LogP contribution in [0, 0.1) is 0 Å². The number of rotatable bonds is 44. The summed E-state index contributed by atoms with van der Waals surface area (Å²) in [5, 5.41) is 33.2. The van der Waals surface area contributed by atoms with Crippen LogP contribution in [0.3, 0.4) is 0 Å². The number of amides is 1. The fourth-order valence-electron chi connectivity index (χ4n) is 7.60. The number of hydrogen-bond acceptors (Lipinski definition) is 4. The Morgan fingerprint density at radius 3 is 1.04 bits per heavy atom. The predicted molar refractivity (Wildman–Crippen MR) is 232 cm³/mol. The fourth-order valence-corrected chi connectivity index (χ4v) is 7.60. The van der Waals surface area contributed by atoms with Crippen molar-refractivity contribution in [3.63, 3.8) is 0 Å². The smallest absolute Gasteiger partial charge is 0.249 e. The largest absolute Gasteiger partial charge is 0.394 e. The van der Waals surface area contributed by atoms with Crippen LogP contribution in [0.1, 0.15) is 264 Å². The first-order valence-corrected chi connectivity index (χ1v) is 24.0. The molecule has 0 aliphatic rings. The number of hydrogen-bond donors (Lipinski definition) is 4. The normalized spacial score (nSPS) is 13.5. The highest BCUT2D eigenvalue weighted by molar-refractivity contribution is 5.80. The maximum Gasteiger partial charge on any atom is 0.249 e. The Morgan fingerprint density at radius 1 is 0.453 bits per heavy atom. The van der Waals surface area contributed by atoms with Gasteiger partial charge in [0, 0.05) is 0 Å². The zero-order chi connectivity index (χ0) is 38.7. The molecule has 0 radical (unpaired) electrons. The number of unbranched alkanes of at least 4 members (excludes halogenated alkanes) is 36. The second-order valence-electron chi connectivity index (χ2n) is 16.7. The van der Waals surface area contributed by atoms with Gasteiger partial charge in [-0.25, -0.2) is 0 Å². The summed E-state index contributed by atoms with van der Waals surface area (Å²) in [4.78, 5) is 12.5. The molecule has 4 N–H and O–H groups in total. The van der Waals surface area contributed by atoms with Crippen molar-refractivity contribution in [2.24, 2.45) is 0 Å². The maximum absolute atomic E-state index is 12.5. The Labute approximate surface area is 331 Å². The lowest BCUT2D eigenvalue weighted by molar-refractivity contribution is -0.131. The summed E-state index contributed by atoms with van der Waals surface area (Å²) in [7, 11) is 0. The van der Waals surface area contributed by atoms with E-state index in [1.54, 1.807) is 6.08 Å². The van der Waals surface area contributed by atoms with Gasteiger partial charge in [-0.2, -0.15) is 0 Å². The van der Waals surface area contributed by atoms with Gasteiger partial charge in [0.2, 0.25) is 5.91 Å². The number of carbonyl (C=O) groups excluding carboxylic acids is 1. The molecule has 0 fully saturated rings. The van der Waals surface area contributed by atoms with E-state index in [4.69, 9.17) is 0 Å². The summed E-state index contributed by atoms with van der Waals surface area (Å²) in [6.07, 6.45) is 52.6. The molecule has 0 saturated heterocycles. The number of aliphatic hydroxyl groups is 3. The molecule has 0 saturated carbocycles. The van der Waals surface area contributed by atoms with Gasteiger partial charge in [-0.05, 0) is 19.3 Å². The van der Waals surface area contributed by atoms with Crippen LogP contribution in [0.4, 0.5) is 0 Å². The van der Waals surface area contributed by atoms with Crippen LogP contribution in [-0.2, 0) is 4.79 Å². The van der Waals surface area contributed by atoms with E-state index in [9.17, 15) is 20.1 Å². The van der Waals surface area contributed by atoms with Gasteiger partial charge in [-0.3, -0.25) is 4.79 Å². The highest BCUT2D eigenvalue weighted by Gasteiger charge is 2.22. The third-order valence-electron chi connectivity index (χ3n) is 11.4. The molecule has 1 amide bonds. The van der Waals surface area contributed by atoms with Crippen LogP contribution in [0.2, 0.25) is 0 Å². The van der Waals surface area contributed by atoms with Crippen LogP contribution < -0.4 is 5.32 Å². The van der Waals surface area contributed by atoms with Crippen molar-refractivity contribution >= 4 is 5.91 Å². The zero-order valence-corrected chi connectivity index (χ0v) is 35.9. The SMILES string of the molecule is CCCCCCCCCCCCCCCCCCCCCCCC/C=C/C(O)C(CO)NC(=O)C(O)CCCCCCCCCCCCCCCCC. The molecule has 3 unspecified atom stereocenters. The first-order valence-electron chi connectivity index (χ1n) is 24.0. The second kappa shape index (κ2) is 43.8. The van der Waals surface area contributed by atoms with Crippen LogP contribution in [0.5, 0.6) is 0 Å². The number of allylic oxidation sites excluding steroid dienone is 1. The quantitative estimate of drug-likeness (QED) is 0.0369. The first-order chi connectivity index (χ1) is 26.1. The molecule has 0 spiro atoms. The van der Waals surface area contributed by atoms with Crippen LogP contribution >= 0.6 is 0 Å². The van der Waals surface area contributed by atoms with Gasteiger partial charge in [0.15, 0.2) is 0 Å². The Kier molecular flexibility index (Phi) is 43.1. The summed E-state index contributed by atoms with van der Waals surface area (Å²) in [6, 6.07) is -0.793. The summed E-state index contributed by atoms with van der Waals surface area (Å²) < 4.78 is 0. The van der Waals surface area contributed by atoms with E-state index in [-0.39, 0.29) is 6.61 Å². The molecule has 5 nitrogen and oxygen atoms in total. The minimum atomic E-state index is -1.09. The lowest BCUT2D eigenvalue weighted by Gasteiger charge is -2.21. The summed E-state index contributed by atoms with van der Waals surface area (Å²) in [5.41, 5.74) is 0. The predicted octanol–water partition coefficient (Wildman–Crippen LogP) is 14.0. The van der Waals surface area contributed by atoms with Gasteiger partial charge in [0.25, 0.3) is 0 Å². The molecule has 53 heavy (non-hydrogen) atoms. The molecule has 0 aromatic carbocycles. The Hall–Kier alpha value is -0.910. The molecule has 0 aliphatic heterocycles. The van der Waals surface area contributed by atoms with E-state index in [0.29, 0.717) is 6.42 Å². The van der Waals surface area contributed by atoms with Gasteiger partial charge < -0.3 is 20.6 Å². The third kappa shape index (κ3) is 39.1. The highest BCUT2D eigenvalue weighted by Crippen LogP contribution is 2.17. The van der Waals surface area contributed by atoms with Gasteiger partial charge in [0.05, 0.1) is 18.8 Å². The molecular formula is C48H95NO4. The maximum atomic E-state index is 12.5. The minimum Gasteiger partial charge on any atom is -0.394 e. The summed E-state index contributed by atoms with van der Waals surface area (Å²) >= 11 is 0. The molecule has 5 heteroatoms. The average molecular weight is 750 g/mol. The number of aliphatic hydroxyl groups excluding tert-OH is 3. The van der Waals surface area contributed by atoms with Crippen LogP contribution in [0.15, 0.2) is 12.2 Å². The van der Waals surface area contributed by atoms with Crippen LogP contribution in [-0.4, -0.2) is 46.1 Å². The van der Waals surface area contributed by atoms with Crippen molar-refractivity contribution in [3.8, 4) is 0 Å². The molecule has 316 valence electrons. The minimum absolute atomic E-state index is 0.359. The van der Waals surface area contributed by atoms with Crippen molar-refractivity contribution in [2.45, 2.75) is 283 Å². The van der Waals surface area contributed by atoms with Crippen molar-refractivity contribution < 1.29 is 20.1 Å². The lowest BCUT2D eigenvalue weighted by Crippen LogP contribution is -2.48. The Balaban J connectivity index is 3.59. The third-order valence-corrected chi connectivity index (χ3v) is 11.4. The van der Waals surface area contributed by atoms with Crippen molar-refractivity contribution in [3.05, 3.63) is 12.2 Å². The molecule has 0 bridgehead atoms. The van der Waals surface area contributed by atoms with E-state index < -0.39 is 24.2 Å². The molecular weight excluding hydrogens is 655 g/mol. The van der Waals surface area contributed by atoms with Crippen molar-refractivity contribution in [1.29, 1.82) is 0 Å². The molecule has 0 rings (SSSR count). The van der Waals surface area contributed by atoms with Gasteiger partial charge in [-0.1, -0.05) is 257 Å². The van der Waals surface area contributed by atoms with Crippen molar-refractivity contribution in [2.75, 3.05) is 6.61 Å². The zero-order valence-electron chi connectivity index (χ0n) is 35.9. The van der Waals surface area contributed by atoms with E-state index >= 15 is 0 Å². The molecule has 0 aliphatic carbocycles. The van der Waals surface area contributed by atoms with E-state index in [1.165, 1.54) is 212 Å². The average Bonchev–Trinajstić information content (AvgIpc) is 3.16. The molecule has 0 heterocycles.